The van der Waals surface area contributed by atoms with Crippen molar-refractivity contribution in [3.63, 3.8) is 0 Å². The van der Waals surface area contributed by atoms with Crippen molar-refractivity contribution in [1.82, 2.24) is 10.3 Å². The molecule has 1 heterocycles. The number of nitrogens with one attached hydrogen (secondary N) is 1. The van der Waals surface area contributed by atoms with E-state index < -0.39 is 5.97 Å². The number of ether oxygens (including phenoxy) is 1. The summed E-state index contributed by atoms with van der Waals surface area (Å²) in [5.74, 6) is 0.358. The number of oxazole rings is 1. The maximum Gasteiger partial charge on any atom is 0.343 e. The van der Waals surface area contributed by atoms with Crippen molar-refractivity contribution in [2.45, 2.75) is 6.92 Å². The van der Waals surface area contributed by atoms with Gasteiger partial charge in [0.2, 0.25) is 0 Å². The molecule has 0 radical (unpaired) electrons. The highest BCUT2D eigenvalue weighted by Crippen LogP contribution is 2.20. The van der Waals surface area contributed by atoms with Crippen LogP contribution >= 0.6 is 0 Å². The Labute approximate surface area is 144 Å². The fraction of sp³-hybridized carbons (Fsp3) is 0.105. The van der Waals surface area contributed by atoms with Crippen LogP contribution in [-0.2, 0) is 0 Å². The molecule has 0 unspecified atom stereocenters. The van der Waals surface area contributed by atoms with Gasteiger partial charge in [-0.15, -0.1) is 0 Å². The van der Waals surface area contributed by atoms with Gasteiger partial charge in [0.05, 0.1) is 11.8 Å². The number of carbonyl (C=O) groups is 2. The molecule has 3 aromatic rings. The Morgan fingerprint density at radius 1 is 1.04 bits per heavy atom. The van der Waals surface area contributed by atoms with Crippen LogP contribution in [0.25, 0.3) is 11.3 Å². The summed E-state index contributed by atoms with van der Waals surface area (Å²) in [5.41, 5.74) is 1.74. The Morgan fingerprint density at radius 3 is 2.32 bits per heavy atom. The summed E-state index contributed by atoms with van der Waals surface area (Å²) in [6.07, 6.45) is 2.95. The van der Waals surface area contributed by atoms with Crippen LogP contribution in [0.1, 0.15) is 27.6 Å². The summed E-state index contributed by atoms with van der Waals surface area (Å²) in [7, 11) is 0. The number of hydrogen-bond donors (Lipinski definition) is 1. The number of rotatable bonds is 5. The zero-order valence-corrected chi connectivity index (χ0v) is 13.6. The number of aromatic nitrogens is 1. The molecule has 0 atom stereocenters. The molecule has 1 aromatic heterocycles. The lowest BCUT2D eigenvalue weighted by molar-refractivity contribution is 0.0734. The average molecular weight is 336 g/mol. The van der Waals surface area contributed by atoms with Crippen LogP contribution in [0.3, 0.4) is 0 Å². The first kappa shape index (κ1) is 16.4. The first-order valence-corrected chi connectivity index (χ1v) is 7.76. The topological polar surface area (TPSA) is 81.4 Å². The van der Waals surface area contributed by atoms with Gasteiger partial charge in [0, 0.05) is 17.7 Å². The van der Waals surface area contributed by atoms with Crippen LogP contribution in [0.4, 0.5) is 0 Å². The molecule has 3 rings (SSSR count). The summed E-state index contributed by atoms with van der Waals surface area (Å²) < 4.78 is 10.5. The second-order valence-corrected chi connectivity index (χ2v) is 5.22. The van der Waals surface area contributed by atoms with Crippen molar-refractivity contribution in [2.24, 2.45) is 0 Å². The van der Waals surface area contributed by atoms with Crippen LogP contribution in [0.2, 0.25) is 0 Å². The third kappa shape index (κ3) is 3.92. The Bertz CT molecular complexity index is 853. The molecule has 6 heteroatoms. The fourth-order valence-electron chi connectivity index (χ4n) is 2.23. The lowest BCUT2D eigenvalue weighted by Gasteiger charge is -2.06. The number of hydrogen-bond acceptors (Lipinski definition) is 5. The van der Waals surface area contributed by atoms with Crippen molar-refractivity contribution in [2.75, 3.05) is 6.54 Å². The van der Waals surface area contributed by atoms with Gasteiger partial charge in [-0.2, -0.15) is 0 Å². The van der Waals surface area contributed by atoms with Gasteiger partial charge in [-0.1, -0.05) is 12.1 Å². The second kappa shape index (κ2) is 7.44. The molecule has 0 spiro atoms. The zero-order valence-electron chi connectivity index (χ0n) is 13.6. The zero-order chi connectivity index (χ0) is 17.6. The smallest absolute Gasteiger partial charge is 0.343 e. The van der Waals surface area contributed by atoms with E-state index in [1.807, 2.05) is 6.92 Å². The van der Waals surface area contributed by atoms with Gasteiger partial charge in [-0.3, -0.25) is 4.79 Å². The molecule has 0 aliphatic carbocycles. The van der Waals surface area contributed by atoms with Crippen LogP contribution in [0.15, 0.2) is 65.5 Å². The molecule has 0 bridgehead atoms. The number of benzene rings is 2. The lowest BCUT2D eigenvalue weighted by Crippen LogP contribution is -2.22. The average Bonchev–Trinajstić information content (AvgIpc) is 3.17. The van der Waals surface area contributed by atoms with Crippen LogP contribution in [0, 0.1) is 0 Å². The molecule has 6 nitrogen and oxygen atoms in total. The molecular formula is C19H16N2O4. The minimum atomic E-state index is -0.477. The SMILES string of the molecule is CCNC(=O)c1ccc(OC(=O)c2ccc(-c3cnco3)cc2)cc1. The maximum atomic E-state index is 12.2. The third-order valence-electron chi connectivity index (χ3n) is 3.50. The molecule has 0 saturated carbocycles. The fourth-order valence-corrected chi connectivity index (χ4v) is 2.23. The largest absolute Gasteiger partial charge is 0.444 e. The lowest BCUT2D eigenvalue weighted by atomic mass is 10.1. The van der Waals surface area contributed by atoms with Crippen molar-refractivity contribution in [3.05, 3.63) is 72.2 Å². The highest BCUT2D eigenvalue weighted by Gasteiger charge is 2.11. The van der Waals surface area contributed by atoms with Gasteiger partial charge in [0.15, 0.2) is 12.2 Å². The van der Waals surface area contributed by atoms with E-state index in [-0.39, 0.29) is 5.91 Å². The summed E-state index contributed by atoms with van der Waals surface area (Å²) in [5, 5.41) is 2.71. The molecule has 126 valence electrons. The van der Waals surface area contributed by atoms with E-state index in [9.17, 15) is 9.59 Å². The van der Waals surface area contributed by atoms with Crippen molar-refractivity contribution >= 4 is 11.9 Å². The van der Waals surface area contributed by atoms with E-state index in [1.54, 1.807) is 54.7 Å². The van der Waals surface area contributed by atoms with E-state index in [0.29, 0.717) is 29.2 Å². The Kier molecular flexibility index (Phi) is 4.89. The normalized spacial score (nSPS) is 10.3. The Balaban J connectivity index is 1.66. The molecule has 1 N–H and O–H groups in total. The molecule has 25 heavy (non-hydrogen) atoms. The van der Waals surface area contributed by atoms with Crippen LogP contribution < -0.4 is 10.1 Å². The predicted octanol–water partition coefficient (Wildman–Crippen LogP) is 3.31. The molecule has 0 saturated heterocycles. The minimum Gasteiger partial charge on any atom is -0.444 e. The van der Waals surface area contributed by atoms with E-state index in [4.69, 9.17) is 9.15 Å². The Morgan fingerprint density at radius 2 is 1.72 bits per heavy atom. The molecule has 2 aromatic carbocycles. The van der Waals surface area contributed by atoms with Crippen molar-refractivity contribution in [1.29, 1.82) is 0 Å². The quantitative estimate of drug-likeness (QED) is 0.571. The summed E-state index contributed by atoms with van der Waals surface area (Å²) in [6.45, 7) is 2.40. The molecule has 0 aliphatic rings. The summed E-state index contributed by atoms with van der Waals surface area (Å²) in [4.78, 5) is 27.8. The summed E-state index contributed by atoms with van der Waals surface area (Å²) in [6, 6.07) is 13.2. The van der Waals surface area contributed by atoms with E-state index in [1.165, 1.54) is 6.39 Å². The minimum absolute atomic E-state index is 0.164. The number of esters is 1. The van der Waals surface area contributed by atoms with E-state index in [0.717, 1.165) is 5.56 Å². The predicted molar refractivity (Wildman–Crippen MR) is 91.3 cm³/mol. The van der Waals surface area contributed by atoms with Crippen LogP contribution in [0.5, 0.6) is 5.75 Å². The highest BCUT2D eigenvalue weighted by molar-refractivity contribution is 5.94. The van der Waals surface area contributed by atoms with Gasteiger partial charge >= 0.3 is 5.97 Å². The van der Waals surface area contributed by atoms with Crippen molar-refractivity contribution in [3.8, 4) is 17.1 Å². The standard InChI is InChI=1S/C19H16N2O4/c1-2-21-18(22)14-7-9-16(10-8-14)25-19(23)15-5-3-13(4-6-15)17-11-20-12-24-17/h3-12H,2H2,1H3,(H,21,22). The Hall–Kier alpha value is -3.41. The van der Waals surface area contributed by atoms with Gasteiger partial charge in [0.25, 0.3) is 5.91 Å². The molecule has 1 amide bonds. The molecule has 0 fully saturated rings. The third-order valence-corrected chi connectivity index (χ3v) is 3.50. The highest BCUT2D eigenvalue weighted by atomic mass is 16.5. The first-order chi connectivity index (χ1) is 12.2. The second-order valence-electron chi connectivity index (χ2n) is 5.22. The van der Waals surface area contributed by atoms with Gasteiger partial charge in [0.1, 0.15) is 5.75 Å². The molecular weight excluding hydrogens is 320 g/mol. The monoisotopic (exact) mass is 336 g/mol. The number of amides is 1. The van der Waals surface area contributed by atoms with E-state index >= 15 is 0 Å². The number of nitrogens with zero attached hydrogens (tertiary/aromatic N) is 1. The van der Waals surface area contributed by atoms with Crippen molar-refractivity contribution < 1.29 is 18.7 Å². The first-order valence-electron chi connectivity index (χ1n) is 7.76. The van der Waals surface area contributed by atoms with Crippen LogP contribution in [-0.4, -0.2) is 23.4 Å². The maximum absolute atomic E-state index is 12.2. The number of carbonyl (C=O) groups excluding carboxylic acids is 2. The van der Waals surface area contributed by atoms with Gasteiger partial charge < -0.3 is 14.5 Å². The summed E-state index contributed by atoms with van der Waals surface area (Å²) >= 11 is 0. The van der Waals surface area contributed by atoms with E-state index in [2.05, 4.69) is 10.3 Å². The molecule has 0 aliphatic heterocycles. The van der Waals surface area contributed by atoms with Gasteiger partial charge in [-0.05, 0) is 43.3 Å². The van der Waals surface area contributed by atoms with Gasteiger partial charge in [-0.25, -0.2) is 9.78 Å².